The maximum atomic E-state index is 13.3. The largest absolute Gasteiger partial charge is 0.475 e. The number of urea groups is 1. The van der Waals surface area contributed by atoms with Crippen molar-refractivity contribution in [1.82, 2.24) is 30.0 Å². The molecule has 1 aromatic carbocycles. The van der Waals surface area contributed by atoms with E-state index in [0.29, 0.717) is 75.4 Å². The highest BCUT2D eigenvalue weighted by Gasteiger charge is 2.46. The van der Waals surface area contributed by atoms with Crippen molar-refractivity contribution >= 4 is 46.7 Å². The summed E-state index contributed by atoms with van der Waals surface area (Å²) in [5.74, 6) is -3.21. The van der Waals surface area contributed by atoms with Crippen LogP contribution in [-0.2, 0) is 14.3 Å². The molecule has 8 rings (SSSR count). The Morgan fingerprint density at radius 2 is 1.66 bits per heavy atom. The van der Waals surface area contributed by atoms with Crippen molar-refractivity contribution < 1.29 is 46.6 Å². The maximum absolute atomic E-state index is 13.3. The van der Waals surface area contributed by atoms with Gasteiger partial charge < -0.3 is 29.5 Å². The minimum absolute atomic E-state index is 0.0190. The van der Waals surface area contributed by atoms with Gasteiger partial charge in [-0.2, -0.15) is 13.2 Å². The van der Waals surface area contributed by atoms with E-state index in [9.17, 15) is 37.1 Å². The van der Waals surface area contributed by atoms with Gasteiger partial charge >= 0.3 is 12.2 Å². The van der Waals surface area contributed by atoms with Gasteiger partial charge in [0.2, 0.25) is 17.7 Å². The topological polar surface area (TPSA) is 170 Å². The molecule has 2 aromatic heterocycles. The summed E-state index contributed by atoms with van der Waals surface area (Å²) in [4.78, 5) is 81.3. The number of aromatic nitrogens is 2. The van der Waals surface area contributed by atoms with Crippen molar-refractivity contribution in [3.05, 3.63) is 59.5 Å². The zero-order valence-electron chi connectivity index (χ0n) is 32.4. The number of halogens is 3. The summed E-state index contributed by atoms with van der Waals surface area (Å²) in [5, 5.41) is 4.93. The fourth-order valence-corrected chi connectivity index (χ4v) is 8.19. The van der Waals surface area contributed by atoms with Crippen LogP contribution in [0.1, 0.15) is 45.7 Å². The first-order valence-electron chi connectivity index (χ1n) is 19.7. The Hall–Kier alpha value is -5.82. The van der Waals surface area contributed by atoms with Crippen LogP contribution in [0.5, 0.6) is 5.88 Å². The van der Waals surface area contributed by atoms with E-state index in [1.54, 1.807) is 24.4 Å². The van der Waals surface area contributed by atoms with Crippen LogP contribution >= 0.6 is 0 Å². The average Bonchev–Trinajstić information content (AvgIpc) is 3.83. The van der Waals surface area contributed by atoms with Crippen molar-refractivity contribution in [3.8, 4) is 17.0 Å². The number of piperazine rings is 1. The summed E-state index contributed by atoms with van der Waals surface area (Å²) in [6, 6.07) is 7.23. The Morgan fingerprint density at radius 3 is 2.39 bits per heavy atom. The highest BCUT2D eigenvalue weighted by atomic mass is 19.4. The molecule has 16 nitrogen and oxygen atoms in total. The number of aryl methyl sites for hydroxylation is 1. The van der Waals surface area contributed by atoms with E-state index in [0.717, 1.165) is 34.9 Å². The van der Waals surface area contributed by atoms with Gasteiger partial charge in [-0.15, -0.1) is 0 Å². The Labute approximate surface area is 337 Å². The van der Waals surface area contributed by atoms with Gasteiger partial charge in [0.25, 0.3) is 11.8 Å². The zero-order chi connectivity index (χ0) is 41.4. The lowest BCUT2D eigenvalue weighted by Gasteiger charge is -2.36. The summed E-state index contributed by atoms with van der Waals surface area (Å²) in [6.45, 7) is 7.56. The molecule has 59 heavy (non-hydrogen) atoms. The lowest BCUT2D eigenvalue weighted by molar-refractivity contribution is -0.169. The monoisotopic (exact) mass is 819 g/mol. The van der Waals surface area contributed by atoms with Crippen LogP contribution in [-0.4, -0.2) is 145 Å². The Morgan fingerprint density at radius 1 is 0.898 bits per heavy atom. The van der Waals surface area contributed by atoms with Crippen LogP contribution in [0.4, 0.5) is 35.0 Å². The fourth-order valence-electron chi connectivity index (χ4n) is 8.19. The lowest BCUT2D eigenvalue weighted by Crippen LogP contribution is -2.54. The SMILES string of the molecule is Cc1ncc(NC(=O)N2CC[C@@H](C(F)(F)F)C2)cc1-c1cnc(OCCN2CCN(c3ccc4c(c3)C(=O)N(C3CCC(=O)NC3=O)C4=O)CC2)c(N2CCOCC2)c1. The molecule has 2 atom stereocenters. The van der Waals surface area contributed by atoms with Gasteiger partial charge in [0.15, 0.2) is 0 Å². The van der Waals surface area contributed by atoms with Crippen molar-refractivity contribution in [1.29, 1.82) is 0 Å². The quantitative estimate of drug-likeness (QED) is 0.303. The summed E-state index contributed by atoms with van der Waals surface area (Å²) in [7, 11) is 0. The van der Waals surface area contributed by atoms with Crippen LogP contribution in [0.3, 0.4) is 0 Å². The highest BCUT2D eigenvalue weighted by Crippen LogP contribution is 2.36. The number of imide groups is 2. The molecule has 3 aromatic rings. The molecule has 312 valence electrons. The molecule has 7 heterocycles. The smallest absolute Gasteiger partial charge is 0.393 e. The predicted octanol–water partition coefficient (Wildman–Crippen LogP) is 3.31. The van der Waals surface area contributed by atoms with Gasteiger partial charge in [0.05, 0.1) is 42.1 Å². The summed E-state index contributed by atoms with van der Waals surface area (Å²) < 4.78 is 51.5. The molecule has 19 heteroatoms. The fraction of sp³-hybridized carbons (Fsp3) is 0.475. The van der Waals surface area contributed by atoms with E-state index < -0.39 is 47.8 Å². The number of anilines is 3. The number of rotatable bonds is 9. The minimum atomic E-state index is -4.35. The Kier molecular flexibility index (Phi) is 11.1. The molecule has 5 aliphatic heterocycles. The number of ether oxygens (including phenoxy) is 2. The summed E-state index contributed by atoms with van der Waals surface area (Å²) >= 11 is 0. The molecule has 0 spiro atoms. The van der Waals surface area contributed by atoms with E-state index >= 15 is 0 Å². The molecule has 0 radical (unpaired) electrons. The van der Waals surface area contributed by atoms with Gasteiger partial charge in [-0.3, -0.25) is 39.3 Å². The molecule has 6 amide bonds. The molecule has 0 aliphatic carbocycles. The maximum Gasteiger partial charge on any atom is 0.393 e. The van der Waals surface area contributed by atoms with E-state index in [1.807, 2.05) is 19.1 Å². The first-order chi connectivity index (χ1) is 28.3. The molecule has 5 aliphatic rings. The number of hydrogen-bond acceptors (Lipinski definition) is 12. The lowest BCUT2D eigenvalue weighted by atomic mass is 10.0. The number of fused-ring (bicyclic) bond motifs is 1. The minimum Gasteiger partial charge on any atom is -0.475 e. The first kappa shape index (κ1) is 40.0. The van der Waals surface area contributed by atoms with Crippen molar-refractivity contribution in [3.63, 3.8) is 0 Å². The molecule has 2 N–H and O–H groups in total. The molecule has 4 saturated heterocycles. The third-order valence-corrected chi connectivity index (χ3v) is 11.6. The number of amides is 6. The third-order valence-electron chi connectivity index (χ3n) is 11.6. The van der Waals surface area contributed by atoms with Crippen LogP contribution in [0.25, 0.3) is 11.1 Å². The second kappa shape index (κ2) is 16.4. The van der Waals surface area contributed by atoms with E-state index in [1.165, 1.54) is 11.1 Å². The molecule has 0 bridgehead atoms. The average molecular weight is 820 g/mol. The second-order valence-corrected chi connectivity index (χ2v) is 15.3. The summed E-state index contributed by atoms with van der Waals surface area (Å²) in [6.07, 6.45) is -1.16. The number of likely N-dealkylation sites (tertiary alicyclic amines) is 1. The molecular formula is C40H44F3N9O7. The van der Waals surface area contributed by atoms with Crippen molar-refractivity contribution in [2.75, 3.05) is 93.8 Å². The number of morpholine rings is 1. The number of nitrogens with zero attached hydrogens (tertiary/aromatic N) is 7. The Bertz CT molecular complexity index is 2160. The third kappa shape index (κ3) is 8.38. The van der Waals surface area contributed by atoms with Gasteiger partial charge in [-0.1, -0.05) is 0 Å². The van der Waals surface area contributed by atoms with E-state index in [-0.39, 0.29) is 43.5 Å². The number of nitrogens with one attached hydrogen (secondary N) is 2. The predicted molar refractivity (Wildman–Crippen MR) is 207 cm³/mol. The highest BCUT2D eigenvalue weighted by molar-refractivity contribution is 6.23. The van der Waals surface area contributed by atoms with Crippen LogP contribution < -0.4 is 25.2 Å². The number of hydrogen-bond donors (Lipinski definition) is 2. The molecular weight excluding hydrogens is 775 g/mol. The van der Waals surface area contributed by atoms with Crippen LogP contribution in [0.15, 0.2) is 42.7 Å². The number of carbonyl (C=O) groups excluding carboxylic acids is 5. The number of carbonyl (C=O) groups is 5. The number of pyridine rings is 2. The second-order valence-electron chi connectivity index (χ2n) is 15.3. The van der Waals surface area contributed by atoms with Gasteiger partial charge in [0.1, 0.15) is 18.3 Å². The van der Waals surface area contributed by atoms with E-state index in [4.69, 9.17) is 14.5 Å². The number of piperidine rings is 1. The van der Waals surface area contributed by atoms with Gasteiger partial charge in [-0.25, -0.2) is 9.78 Å². The van der Waals surface area contributed by atoms with Crippen LogP contribution in [0.2, 0.25) is 0 Å². The molecule has 4 fully saturated rings. The van der Waals surface area contributed by atoms with Gasteiger partial charge in [-0.05, 0) is 50.1 Å². The number of benzene rings is 1. The van der Waals surface area contributed by atoms with E-state index in [2.05, 4.69) is 30.3 Å². The standard InChI is InChI=1S/C40H44F3N9O7/c1-24-30(19-27(22-44-24)46-39(57)51-7-6-26(23-51)40(41,42)43)25-18-33(50-13-15-58-16-14-50)36(45-21-25)59-17-12-48-8-10-49(11-9-48)28-2-3-29-31(20-28)38(56)52(37(29)55)32-4-5-34(53)47-35(32)54/h2-3,18-22,26,32H,4-17,23H2,1H3,(H,46,57)(H,47,53,54)/t26-,32?/m1/s1. The van der Waals surface area contributed by atoms with Crippen LogP contribution in [0, 0.1) is 12.8 Å². The summed E-state index contributed by atoms with van der Waals surface area (Å²) in [5.41, 5.74) is 4.54. The van der Waals surface area contributed by atoms with Crippen molar-refractivity contribution in [2.24, 2.45) is 5.92 Å². The normalized spacial score (nSPS) is 21.6. The first-order valence-corrected chi connectivity index (χ1v) is 19.7. The van der Waals surface area contributed by atoms with Gasteiger partial charge in [0, 0.05) is 94.0 Å². The number of alkyl halides is 3. The zero-order valence-corrected chi connectivity index (χ0v) is 32.4. The Balaban J connectivity index is 0.886. The molecule has 1 unspecified atom stereocenters. The molecule has 0 saturated carbocycles. The van der Waals surface area contributed by atoms with Crippen molar-refractivity contribution in [2.45, 2.75) is 38.4 Å².